The smallest absolute Gasteiger partial charge is 0.362 e. The normalized spacial score (nSPS) is 15.7. The van der Waals surface area contributed by atoms with E-state index in [0.29, 0.717) is 5.13 Å². The summed E-state index contributed by atoms with van der Waals surface area (Å²) in [5.74, 6) is -0.799. The molecule has 0 atom stereocenters. The number of rotatable bonds is 6. The Morgan fingerprint density at radius 3 is 2.62 bits per heavy atom. The number of nitrogen functional groups attached to an aromatic ring is 1. The number of nitrogens with two attached hydrogens (primary N) is 1. The van der Waals surface area contributed by atoms with Crippen LogP contribution in [0.3, 0.4) is 0 Å². The Bertz CT molecular complexity index is 594. The van der Waals surface area contributed by atoms with Crippen molar-refractivity contribution >= 4 is 34.1 Å². The van der Waals surface area contributed by atoms with Crippen molar-refractivity contribution in [3.05, 3.63) is 11.1 Å². The highest BCUT2D eigenvalue weighted by Gasteiger charge is 2.21. The van der Waals surface area contributed by atoms with Crippen LogP contribution in [0.4, 0.5) is 5.13 Å². The lowest BCUT2D eigenvalue weighted by molar-refractivity contribution is -0.137. The summed E-state index contributed by atoms with van der Waals surface area (Å²) in [5.41, 5.74) is 5.77. The van der Waals surface area contributed by atoms with Gasteiger partial charge in [0.15, 0.2) is 11.7 Å². The van der Waals surface area contributed by atoms with E-state index < -0.39 is 5.97 Å². The zero-order valence-corrected chi connectivity index (χ0v) is 14.5. The van der Waals surface area contributed by atoms with Crippen LogP contribution in [0.5, 0.6) is 0 Å². The Morgan fingerprint density at radius 2 is 2.04 bits per heavy atom. The lowest BCUT2D eigenvalue weighted by Gasteiger charge is -2.19. The third-order valence-electron chi connectivity index (χ3n) is 3.54. The number of carbonyl (C=O) groups is 2. The van der Waals surface area contributed by atoms with Gasteiger partial charge in [-0.3, -0.25) is 4.79 Å². The van der Waals surface area contributed by atoms with E-state index in [0.717, 1.165) is 38.8 Å². The summed E-state index contributed by atoms with van der Waals surface area (Å²) in [7, 11) is 0. The molecule has 0 unspecified atom stereocenters. The standard InChI is InChI=1S/C15H22N4O4S/c1-2-22-14(21)13(11-10-24-15(16)17-11)18-23-9-12(20)19-7-5-3-4-6-8-19/h10H,2-9H2,1H3,(H2,16,17). The maximum Gasteiger partial charge on any atom is 0.362 e. The SMILES string of the molecule is CCOC(=O)C(=NOCC(=O)N1CCCCCC1)c1csc(N)n1. The van der Waals surface area contributed by atoms with Crippen LogP contribution in [0.2, 0.25) is 0 Å². The van der Waals surface area contributed by atoms with Gasteiger partial charge in [0.05, 0.1) is 6.61 Å². The zero-order chi connectivity index (χ0) is 17.4. The van der Waals surface area contributed by atoms with Gasteiger partial charge in [-0.05, 0) is 19.8 Å². The molecule has 1 aromatic heterocycles. The number of ether oxygens (including phenoxy) is 1. The molecule has 1 aliphatic heterocycles. The maximum absolute atomic E-state index is 12.2. The van der Waals surface area contributed by atoms with Crippen molar-refractivity contribution in [3.63, 3.8) is 0 Å². The molecule has 8 nitrogen and oxygen atoms in total. The van der Waals surface area contributed by atoms with E-state index in [1.807, 2.05) is 0 Å². The quantitative estimate of drug-likeness (QED) is 0.470. The second-order valence-corrected chi connectivity index (χ2v) is 6.19. The van der Waals surface area contributed by atoms with Crippen molar-refractivity contribution in [1.82, 2.24) is 9.88 Å². The molecule has 9 heteroatoms. The van der Waals surface area contributed by atoms with E-state index in [9.17, 15) is 9.59 Å². The first-order chi connectivity index (χ1) is 11.6. The number of oxime groups is 1. The number of esters is 1. The Balaban J connectivity index is 1.98. The monoisotopic (exact) mass is 354 g/mol. The van der Waals surface area contributed by atoms with Gasteiger partial charge < -0.3 is 20.2 Å². The maximum atomic E-state index is 12.2. The third kappa shape index (κ3) is 5.19. The number of anilines is 1. The third-order valence-corrected chi connectivity index (χ3v) is 4.21. The van der Waals surface area contributed by atoms with Crippen LogP contribution in [0.1, 0.15) is 38.3 Å². The summed E-state index contributed by atoms with van der Waals surface area (Å²) in [5, 5.41) is 5.66. The molecule has 0 radical (unpaired) electrons. The summed E-state index contributed by atoms with van der Waals surface area (Å²) >= 11 is 1.18. The number of thiazole rings is 1. The zero-order valence-electron chi connectivity index (χ0n) is 13.7. The first kappa shape index (κ1) is 18.2. The van der Waals surface area contributed by atoms with Crippen LogP contribution in [0.25, 0.3) is 0 Å². The predicted octanol–water partition coefficient (Wildman–Crippen LogP) is 1.41. The average Bonchev–Trinajstić information content (AvgIpc) is 2.82. The largest absolute Gasteiger partial charge is 0.461 e. The summed E-state index contributed by atoms with van der Waals surface area (Å²) in [6, 6.07) is 0. The van der Waals surface area contributed by atoms with Crippen LogP contribution in [-0.2, 0) is 19.2 Å². The molecule has 0 spiro atoms. The number of likely N-dealkylation sites (tertiary alicyclic amines) is 1. The highest BCUT2D eigenvalue weighted by atomic mass is 32.1. The minimum absolute atomic E-state index is 0.0894. The van der Waals surface area contributed by atoms with Gasteiger partial charge in [0.1, 0.15) is 5.69 Å². The fourth-order valence-electron chi connectivity index (χ4n) is 2.35. The van der Waals surface area contributed by atoms with Gasteiger partial charge in [-0.1, -0.05) is 18.0 Å². The summed E-state index contributed by atoms with van der Waals surface area (Å²) < 4.78 is 4.94. The van der Waals surface area contributed by atoms with E-state index in [4.69, 9.17) is 15.3 Å². The molecule has 1 fully saturated rings. The van der Waals surface area contributed by atoms with Crippen molar-refractivity contribution < 1.29 is 19.2 Å². The van der Waals surface area contributed by atoms with E-state index in [2.05, 4.69) is 10.1 Å². The lowest BCUT2D eigenvalue weighted by atomic mass is 10.2. The Labute approximate surface area is 144 Å². The topological polar surface area (TPSA) is 107 Å². The summed E-state index contributed by atoms with van der Waals surface area (Å²) in [4.78, 5) is 35.0. The molecule has 1 aromatic rings. The molecular weight excluding hydrogens is 332 g/mol. The molecule has 1 aliphatic rings. The van der Waals surface area contributed by atoms with Gasteiger partial charge in [-0.2, -0.15) is 0 Å². The van der Waals surface area contributed by atoms with Crippen molar-refractivity contribution in [1.29, 1.82) is 0 Å². The molecule has 1 amide bonds. The average molecular weight is 354 g/mol. The number of hydrogen-bond donors (Lipinski definition) is 1. The fraction of sp³-hybridized carbons (Fsp3) is 0.600. The molecule has 2 N–H and O–H groups in total. The molecule has 0 saturated carbocycles. The van der Waals surface area contributed by atoms with Crippen LogP contribution >= 0.6 is 11.3 Å². The molecule has 0 bridgehead atoms. The van der Waals surface area contributed by atoms with Crippen molar-refractivity contribution in [2.24, 2.45) is 5.16 Å². The first-order valence-electron chi connectivity index (χ1n) is 7.98. The summed E-state index contributed by atoms with van der Waals surface area (Å²) in [6.07, 6.45) is 4.28. The highest BCUT2D eigenvalue weighted by Crippen LogP contribution is 2.13. The van der Waals surface area contributed by atoms with Crippen molar-refractivity contribution in [2.75, 3.05) is 32.0 Å². The first-order valence-corrected chi connectivity index (χ1v) is 8.86. The van der Waals surface area contributed by atoms with Gasteiger partial charge in [0.2, 0.25) is 5.71 Å². The van der Waals surface area contributed by atoms with E-state index in [-0.39, 0.29) is 30.5 Å². The summed E-state index contributed by atoms with van der Waals surface area (Å²) in [6.45, 7) is 3.14. The van der Waals surface area contributed by atoms with Crippen LogP contribution in [-0.4, -0.2) is 53.8 Å². The highest BCUT2D eigenvalue weighted by molar-refractivity contribution is 7.13. The number of aromatic nitrogens is 1. The Hall–Kier alpha value is -2.16. The van der Waals surface area contributed by atoms with Gasteiger partial charge in [-0.15, -0.1) is 11.3 Å². The molecule has 2 rings (SSSR count). The van der Waals surface area contributed by atoms with Crippen molar-refractivity contribution in [2.45, 2.75) is 32.6 Å². The molecule has 2 heterocycles. The molecule has 132 valence electrons. The minimum atomic E-state index is -0.662. The molecule has 24 heavy (non-hydrogen) atoms. The second-order valence-electron chi connectivity index (χ2n) is 5.30. The molecule has 1 saturated heterocycles. The van der Waals surface area contributed by atoms with Crippen LogP contribution in [0, 0.1) is 0 Å². The lowest BCUT2D eigenvalue weighted by Crippen LogP contribution is -2.34. The van der Waals surface area contributed by atoms with Gasteiger partial charge >= 0.3 is 5.97 Å². The van der Waals surface area contributed by atoms with Crippen molar-refractivity contribution in [3.8, 4) is 0 Å². The number of amides is 1. The van der Waals surface area contributed by atoms with Gasteiger partial charge in [0.25, 0.3) is 5.91 Å². The number of carbonyl (C=O) groups excluding carboxylic acids is 2. The number of nitrogens with zero attached hydrogens (tertiary/aromatic N) is 3. The van der Waals surface area contributed by atoms with E-state index in [1.54, 1.807) is 17.2 Å². The van der Waals surface area contributed by atoms with Gasteiger partial charge in [0, 0.05) is 18.5 Å². The minimum Gasteiger partial charge on any atom is -0.461 e. The molecular formula is C15H22N4O4S. The van der Waals surface area contributed by atoms with E-state index in [1.165, 1.54) is 11.3 Å². The number of hydrogen-bond acceptors (Lipinski definition) is 8. The molecule has 0 aliphatic carbocycles. The van der Waals surface area contributed by atoms with Crippen LogP contribution < -0.4 is 5.73 Å². The fourth-order valence-corrected chi connectivity index (χ4v) is 2.90. The second kappa shape index (κ2) is 9.21. The Morgan fingerprint density at radius 1 is 1.33 bits per heavy atom. The molecule has 0 aromatic carbocycles. The van der Waals surface area contributed by atoms with Crippen LogP contribution in [0.15, 0.2) is 10.5 Å². The van der Waals surface area contributed by atoms with E-state index >= 15 is 0 Å². The van der Waals surface area contributed by atoms with Gasteiger partial charge in [-0.25, -0.2) is 9.78 Å². The predicted molar refractivity (Wildman–Crippen MR) is 90.7 cm³/mol. The Kier molecular flexibility index (Phi) is 6.98.